The fourth-order valence-corrected chi connectivity index (χ4v) is 3.75. The largest absolute Gasteiger partial charge is 0.507 e. The molecule has 3 aromatic rings. The van der Waals surface area contributed by atoms with E-state index in [9.17, 15) is 23.4 Å². The monoisotopic (exact) mass is 404 g/mol. The molecule has 0 spiro atoms. The van der Waals surface area contributed by atoms with Crippen LogP contribution in [0, 0.1) is 0 Å². The van der Waals surface area contributed by atoms with Crippen LogP contribution in [-0.2, 0) is 6.18 Å². The summed E-state index contributed by atoms with van der Waals surface area (Å²) < 4.78 is 38.6. The molecular weight excluding hydrogens is 385 g/mol. The number of rotatable bonds is 3. The van der Waals surface area contributed by atoms with Gasteiger partial charge in [0.1, 0.15) is 11.4 Å². The lowest BCUT2D eigenvalue weighted by molar-refractivity contribution is -0.137. The molecule has 2 heterocycles. The smallest absolute Gasteiger partial charge is 0.416 e. The number of alkyl halides is 3. The van der Waals surface area contributed by atoms with Crippen molar-refractivity contribution in [3.8, 4) is 17.0 Å². The maximum atomic E-state index is 12.9. The first-order valence-electron chi connectivity index (χ1n) is 9.14. The van der Waals surface area contributed by atoms with Gasteiger partial charge in [0.05, 0.1) is 11.2 Å². The molecule has 9 heteroatoms. The van der Waals surface area contributed by atoms with Crippen molar-refractivity contribution in [3.63, 3.8) is 0 Å². The lowest BCUT2D eigenvalue weighted by Gasteiger charge is -2.18. The normalized spacial score (nSPS) is 22.2. The van der Waals surface area contributed by atoms with Gasteiger partial charge in [-0.3, -0.25) is 4.98 Å². The molecule has 0 radical (unpaired) electrons. The number of nitrogens with zero attached hydrogens (tertiary/aromatic N) is 3. The first-order valence-corrected chi connectivity index (χ1v) is 9.14. The summed E-state index contributed by atoms with van der Waals surface area (Å²) >= 11 is 0. The molecule has 29 heavy (non-hydrogen) atoms. The van der Waals surface area contributed by atoms with Crippen LogP contribution in [0.2, 0.25) is 0 Å². The van der Waals surface area contributed by atoms with Crippen LogP contribution in [0.3, 0.4) is 0 Å². The molecule has 152 valence electrons. The van der Waals surface area contributed by atoms with Crippen LogP contribution in [0.4, 0.5) is 19.0 Å². The number of anilines is 1. The van der Waals surface area contributed by atoms with Crippen molar-refractivity contribution in [3.05, 3.63) is 42.2 Å². The lowest BCUT2D eigenvalue weighted by atomic mass is 10.0. The first kappa shape index (κ1) is 19.4. The Morgan fingerprint density at radius 1 is 1.17 bits per heavy atom. The van der Waals surface area contributed by atoms with E-state index >= 15 is 0 Å². The molecule has 3 N–H and O–H groups in total. The predicted octanol–water partition coefficient (Wildman–Crippen LogP) is 4.13. The summed E-state index contributed by atoms with van der Waals surface area (Å²) in [5.74, 6) is -0.0502. The first-order chi connectivity index (χ1) is 13.6. The Morgan fingerprint density at radius 2 is 1.97 bits per heavy atom. The van der Waals surface area contributed by atoms with E-state index in [-0.39, 0.29) is 17.3 Å². The second-order valence-electron chi connectivity index (χ2n) is 7.63. The fraction of sp³-hybridized carbons (Fsp3) is 0.350. The summed E-state index contributed by atoms with van der Waals surface area (Å²) in [6.45, 7) is 1.79. The van der Waals surface area contributed by atoms with Crippen LogP contribution >= 0.6 is 0 Å². The molecule has 1 saturated carbocycles. The number of aliphatic hydroxyl groups is 1. The van der Waals surface area contributed by atoms with E-state index < -0.39 is 23.1 Å². The van der Waals surface area contributed by atoms with Crippen LogP contribution < -0.4 is 5.32 Å². The Labute approximate surface area is 164 Å². The van der Waals surface area contributed by atoms with Gasteiger partial charge in [-0.1, -0.05) is 0 Å². The second-order valence-corrected chi connectivity index (χ2v) is 7.63. The molecule has 1 aliphatic carbocycles. The Hall–Kier alpha value is -2.94. The van der Waals surface area contributed by atoms with E-state index in [1.165, 1.54) is 6.07 Å². The minimum Gasteiger partial charge on any atom is -0.507 e. The lowest BCUT2D eigenvalue weighted by Crippen LogP contribution is -2.24. The van der Waals surface area contributed by atoms with Crippen molar-refractivity contribution in [1.29, 1.82) is 0 Å². The predicted molar refractivity (Wildman–Crippen MR) is 101 cm³/mol. The molecule has 0 amide bonds. The number of aromatic nitrogens is 3. The van der Waals surface area contributed by atoms with Gasteiger partial charge in [0.15, 0.2) is 5.82 Å². The molecule has 0 bridgehead atoms. The van der Waals surface area contributed by atoms with Crippen molar-refractivity contribution < 1.29 is 23.4 Å². The third-order valence-corrected chi connectivity index (χ3v) is 5.22. The molecular formula is C20H19F3N4O2. The zero-order valence-electron chi connectivity index (χ0n) is 15.5. The van der Waals surface area contributed by atoms with E-state index in [0.29, 0.717) is 35.5 Å². The number of phenols is 1. The van der Waals surface area contributed by atoms with Crippen molar-refractivity contribution in [2.75, 3.05) is 5.32 Å². The number of hydrogen-bond acceptors (Lipinski definition) is 6. The summed E-state index contributed by atoms with van der Waals surface area (Å²) in [5.41, 5.74) is -1.26. The third kappa shape index (κ3) is 3.82. The van der Waals surface area contributed by atoms with Crippen LogP contribution in [-0.4, -0.2) is 37.0 Å². The average molecular weight is 404 g/mol. The average Bonchev–Trinajstić information content (AvgIpc) is 3.00. The number of nitrogens with one attached hydrogen (secondary N) is 1. The number of hydrogen-bond donors (Lipinski definition) is 3. The molecule has 1 fully saturated rings. The van der Waals surface area contributed by atoms with Gasteiger partial charge in [-0.05, 0) is 50.5 Å². The summed E-state index contributed by atoms with van der Waals surface area (Å²) in [6.07, 6.45) is 0.592. The number of benzene rings is 1. The van der Waals surface area contributed by atoms with Crippen LogP contribution in [0.1, 0.15) is 31.7 Å². The summed E-state index contributed by atoms with van der Waals surface area (Å²) in [5, 5.41) is 33.2. The zero-order valence-corrected chi connectivity index (χ0v) is 15.5. The quantitative estimate of drug-likeness (QED) is 0.608. The minimum absolute atomic E-state index is 0.0213. The van der Waals surface area contributed by atoms with Gasteiger partial charge in [-0.15, -0.1) is 10.2 Å². The number of aromatic hydroxyl groups is 1. The zero-order chi connectivity index (χ0) is 20.8. The third-order valence-electron chi connectivity index (χ3n) is 5.22. The number of phenolic OH excluding ortho intramolecular Hbond substituents is 1. The van der Waals surface area contributed by atoms with Crippen LogP contribution in [0.25, 0.3) is 22.0 Å². The summed E-state index contributed by atoms with van der Waals surface area (Å²) in [7, 11) is 0. The highest BCUT2D eigenvalue weighted by Gasteiger charge is 2.34. The SMILES string of the molecule is C[C@@]1(O)CC[C@@H](Nc2nnc(-c3ccc(C(F)(F)F)cc3O)c3ccncc23)C1. The van der Waals surface area contributed by atoms with Crippen molar-refractivity contribution >= 4 is 16.6 Å². The van der Waals surface area contributed by atoms with E-state index in [1.54, 1.807) is 25.4 Å². The van der Waals surface area contributed by atoms with Crippen LogP contribution in [0.15, 0.2) is 36.7 Å². The van der Waals surface area contributed by atoms with E-state index in [4.69, 9.17) is 0 Å². The van der Waals surface area contributed by atoms with E-state index in [0.717, 1.165) is 12.5 Å². The summed E-state index contributed by atoms with van der Waals surface area (Å²) in [6, 6.07) is 4.45. The Bertz CT molecular complexity index is 1070. The van der Waals surface area contributed by atoms with Crippen molar-refractivity contribution in [2.45, 2.75) is 44.0 Å². The molecule has 6 nitrogen and oxygen atoms in total. The maximum Gasteiger partial charge on any atom is 0.416 e. The molecule has 0 unspecified atom stereocenters. The second kappa shape index (κ2) is 6.84. The maximum absolute atomic E-state index is 12.9. The number of pyridine rings is 1. The molecule has 1 aliphatic rings. The summed E-state index contributed by atoms with van der Waals surface area (Å²) in [4.78, 5) is 4.11. The highest BCUT2D eigenvalue weighted by Crippen LogP contribution is 2.39. The molecule has 1 aromatic carbocycles. The fourth-order valence-electron chi connectivity index (χ4n) is 3.75. The van der Waals surface area contributed by atoms with Crippen LogP contribution in [0.5, 0.6) is 5.75 Å². The molecule has 4 rings (SSSR count). The Kier molecular flexibility index (Phi) is 4.57. The van der Waals surface area contributed by atoms with Crippen molar-refractivity contribution in [1.82, 2.24) is 15.2 Å². The molecule has 2 aromatic heterocycles. The molecule has 2 atom stereocenters. The van der Waals surface area contributed by atoms with Gasteiger partial charge in [-0.25, -0.2) is 0 Å². The van der Waals surface area contributed by atoms with E-state index in [1.807, 2.05) is 0 Å². The van der Waals surface area contributed by atoms with Gasteiger partial charge in [0.25, 0.3) is 0 Å². The number of fused-ring (bicyclic) bond motifs is 1. The highest BCUT2D eigenvalue weighted by atomic mass is 19.4. The Morgan fingerprint density at radius 3 is 2.62 bits per heavy atom. The highest BCUT2D eigenvalue weighted by molar-refractivity contribution is 6.00. The van der Waals surface area contributed by atoms with Gasteiger partial charge in [0, 0.05) is 34.8 Å². The molecule has 0 aliphatic heterocycles. The van der Waals surface area contributed by atoms with Gasteiger partial charge < -0.3 is 15.5 Å². The van der Waals surface area contributed by atoms with Crippen molar-refractivity contribution in [2.24, 2.45) is 0 Å². The van der Waals surface area contributed by atoms with Gasteiger partial charge >= 0.3 is 6.18 Å². The van der Waals surface area contributed by atoms with Gasteiger partial charge in [0.2, 0.25) is 0 Å². The number of halogens is 3. The van der Waals surface area contributed by atoms with E-state index in [2.05, 4.69) is 20.5 Å². The standard InChI is InChI=1S/C20H19F3N4O2/c1-19(29)6-4-12(9-19)25-18-15-10-24-7-5-13(15)17(26-27-18)14-3-2-11(8-16(14)28)20(21,22)23/h2-3,5,7-8,10,12,28-29H,4,6,9H2,1H3,(H,25,27)/t12-,19-/m1/s1. The minimum atomic E-state index is -4.55. The molecule has 0 saturated heterocycles. The van der Waals surface area contributed by atoms with Gasteiger partial charge in [-0.2, -0.15) is 13.2 Å². The topological polar surface area (TPSA) is 91.2 Å². The Balaban J connectivity index is 1.74.